The van der Waals surface area contributed by atoms with Crippen LogP contribution in [0.2, 0.25) is 0 Å². The Morgan fingerprint density at radius 2 is 1.86 bits per heavy atom. The van der Waals surface area contributed by atoms with Gasteiger partial charge in [-0.05, 0) is 36.8 Å². The number of hydrogen-bond donors (Lipinski definition) is 2. The molecular formula is C16H23N3O2. The molecule has 1 aromatic carbocycles. The second kappa shape index (κ2) is 7.11. The van der Waals surface area contributed by atoms with Crippen molar-refractivity contribution in [2.45, 2.75) is 32.1 Å². The molecule has 2 rings (SSSR count). The summed E-state index contributed by atoms with van der Waals surface area (Å²) in [5.74, 6) is 0.242. The molecule has 1 aliphatic rings. The van der Waals surface area contributed by atoms with Gasteiger partial charge in [-0.15, -0.1) is 0 Å². The Labute approximate surface area is 125 Å². The molecule has 0 unspecified atom stereocenters. The molecule has 1 aliphatic heterocycles. The van der Waals surface area contributed by atoms with Crippen LogP contribution in [0.4, 0.5) is 5.69 Å². The maximum absolute atomic E-state index is 12.2. The number of nitrogens with two attached hydrogens (primary N) is 2. The molecule has 5 nitrogen and oxygen atoms in total. The molecule has 0 aliphatic carbocycles. The van der Waals surface area contributed by atoms with E-state index in [9.17, 15) is 9.59 Å². The van der Waals surface area contributed by atoms with Crippen molar-refractivity contribution in [2.24, 2.45) is 11.7 Å². The lowest BCUT2D eigenvalue weighted by Gasteiger charge is -2.31. The number of primary amides is 1. The lowest BCUT2D eigenvalue weighted by molar-refractivity contribution is -0.132. The van der Waals surface area contributed by atoms with E-state index in [2.05, 4.69) is 0 Å². The number of carbonyl (C=O) groups is 2. The maximum atomic E-state index is 12.2. The monoisotopic (exact) mass is 289 g/mol. The highest BCUT2D eigenvalue weighted by Gasteiger charge is 2.23. The Balaban J connectivity index is 1.77. The van der Waals surface area contributed by atoms with Crippen LogP contribution in [0, 0.1) is 5.92 Å². The zero-order valence-electron chi connectivity index (χ0n) is 12.3. The van der Waals surface area contributed by atoms with Crippen molar-refractivity contribution < 1.29 is 9.59 Å². The summed E-state index contributed by atoms with van der Waals surface area (Å²) < 4.78 is 0. The number of anilines is 1. The molecule has 1 saturated heterocycles. The van der Waals surface area contributed by atoms with E-state index in [1.807, 2.05) is 29.2 Å². The van der Waals surface area contributed by atoms with Crippen molar-refractivity contribution in [1.29, 1.82) is 0 Å². The molecule has 21 heavy (non-hydrogen) atoms. The van der Waals surface area contributed by atoms with Gasteiger partial charge in [-0.3, -0.25) is 9.59 Å². The zero-order valence-corrected chi connectivity index (χ0v) is 12.3. The first-order valence-electron chi connectivity index (χ1n) is 7.45. The topological polar surface area (TPSA) is 89.4 Å². The molecule has 0 aromatic heterocycles. The molecule has 1 fully saturated rings. The van der Waals surface area contributed by atoms with Crippen LogP contribution in [0.15, 0.2) is 24.3 Å². The van der Waals surface area contributed by atoms with Crippen LogP contribution in [0.25, 0.3) is 0 Å². The minimum atomic E-state index is -0.251. The number of hydrogen-bond acceptors (Lipinski definition) is 3. The standard InChI is InChI=1S/C16H23N3O2/c17-14-4-2-1-3-13(14)5-6-16(21)19-9-7-12(8-10-19)11-15(18)20/h1-4,12H,5-11,17H2,(H2,18,20). The molecule has 2 amide bonds. The summed E-state index contributed by atoms with van der Waals surface area (Å²) in [6.45, 7) is 1.45. The smallest absolute Gasteiger partial charge is 0.222 e. The summed E-state index contributed by atoms with van der Waals surface area (Å²) in [6, 6.07) is 7.65. The highest BCUT2D eigenvalue weighted by molar-refractivity contribution is 5.77. The Hall–Kier alpha value is -2.04. The van der Waals surface area contributed by atoms with Crippen molar-refractivity contribution in [2.75, 3.05) is 18.8 Å². The normalized spacial score (nSPS) is 15.9. The van der Waals surface area contributed by atoms with Crippen LogP contribution in [0.3, 0.4) is 0 Å². The summed E-state index contributed by atoms with van der Waals surface area (Å²) in [4.78, 5) is 25.0. The number of amides is 2. The average molecular weight is 289 g/mol. The van der Waals surface area contributed by atoms with Gasteiger partial charge in [-0.25, -0.2) is 0 Å². The Bertz CT molecular complexity index is 508. The van der Waals surface area contributed by atoms with E-state index in [-0.39, 0.29) is 11.8 Å². The zero-order chi connectivity index (χ0) is 15.2. The van der Waals surface area contributed by atoms with Gasteiger partial charge in [-0.1, -0.05) is 18.2 Å². The SMILES string of the molecule is NC(=O)CC1CCN(C(=O)CCc2ccccc2N)CC1. The Morgan fingerprint density at radius 3 is 2.48 bits per heavy atom. The summed E-state index contributed by atoms with van der Waals surface area (Å²) in [5.41, 5.74) is 12.9. The number of likely N-dealkylation sites (tertiary alicyclic amines) is 1. The third-order valence-corrected chi connectivity index (χ3v) is 4.12. The fourth-order valence-electron chi connectivity index (χ4n) is 2.83. The van der Waals surface area contributed by atoms with Crippen molar-refractivity contribution in [1.82, 2.24) is 4.90 Å². The van der Waals surface area contributed by atoms with Crippen molar-refractivity contribution in [3.05, 3.63) is 29.8 Å². The molecule has 0 bridgehead atoms. The predicted octanol–water partition coefficient (Wildman–Crippen LogP) is 1.32. The number of nitrogens with zero attached hydrogens (tertiary/aromatic N) is 1. The molecular weight excluding hydrogens is 266 g/mol. The summed E-state index contributed by atoms with van der Waals surface area (Å²) >= 11 is 0. The summed E-state index contributed by atoms with van der Waals surface area (Å²) in [6.07, 6.45) is 3.31. The van der Waals surface area contributed by atoms with Gasteiger partial charge in [0, 0.05) is 31.6 Å². The molecule has 0 atom stereocenters. The third kappa shape index (κ3) is 4.48. The number of carbonyl (C=O) groups excluding carboxylic acids is 2. The van der Waals surface area contributed by atoms with Gasteiger partial charge in [0.25, 0.3) is 0 Å². The van der Waals surface area contributed by atoms with E-state index in [1.165, 1.54) is 0 Å². The van der Waals surface area contributed by atoms with Gasteiger partial charge >= 0.3 is 0 Å². The lowest BCUT2D eigenvalue weighted by atomic mass is 9.93. The van der Waals surface area contributed by atoms with Gasteiger partial charge < -0.3 is 16.4 Å². The number of nitrogen functional groups attached to an aromatic ring is 1. The third-order valence-electron chi connectivity index (χ3n) is 4.12. The van der Waals surface area contributed by atoms with E-state index < -0.39 is 0 Å². The minimum absolute atomic E-state index is 0.163. The minimum Gasteiger partial charge on any atom is -0.399 e. The van der Waals surface area contributed by atoms with E-state index >= 15 is 0 Å². The molecule has 5 heteroatoms. The van der Waals surface area contributed by atoms with Crippen LogP contribution in [0.1, 0.15) is 31.2 Å². The van der Waals surface area contributed by atoms with E-state index in [0.29, 0.717) is 25.2 Å². The molecule has 1 aromatic rings. The lowest BCUT2D eigenvalue weighted by Crippen LogP contribution is -2.39. The van der Waals surface area contributed by atoms with E-state index in [1.54, 1.807) is 0 Å². The Kier molecular flexibility index (Phi) is 5.20. The van der Waals surface area contributed by atoms with Gasteiger partial charge in [0.15, 0.2) is 0 Å². The predicted molar refractivity (Wildman–Crippen MR) is 82.3 cm³/mol. The van der Waals surface area contributed by atoms with Gasteiger partial charge in [0.1, 0.15) is 0 Å². The number of piperidine rings is 1. The molecule has 0 radical (unpaired) electrons. The van der Waals surface area contributed by atoms with Crippen molar-refractivity contribution in [3.8, 4) is 0 Å². The highest BCUT2D eigenvalue weighted by Crippen LogP contribution is 2.21. The van der Waals surface area contributed by atoms with Gasteiger partial charge in [0.2, 0.25) is 11.8 Å². The number of rotatable bonds is 5. The Morgan fingerprint density at radius 1 is 1.19 bits per heavy atom. The fraction of sp³-hybridized carbons (Fsp3) is 0.500. The fourth-order valence-corrected chi connectivity index (χ4v) is 2.83. The van der Waals surface area contributed by atoms with Crippen LogP contribution in [-0.2, 0) is 16.0 Å². The summed E-state index contributed by atoms with van der Waals surface area (Å²) in [7, 11) is 0. The molecule has 0 saturated carbocycles. The van der Waals surface area contributed by atoms with Gasteiger partial charge in [-0.2, -0.15) is 0 Å². The summed E-state index contributed by atoms with van der Waals surface area (Å²) in [5, 5.41) is 0. The first-order chi connectivity index (χ1) is 10.1. The number of aryl methyl sites for hydroxylation is 1. The van der Waals surface area contributed by atoms with Crippen molar-refractivity contribution >= 4 is 17.5 Å². The number of benzene rings is 1. The van der Waals surface area contributed by atoms with Crippen LogP contribution < -0.4 is 11.5 Å². The molecule has 4 N–H and O–H groups in total. The second-order valence-electron chi connectivity index (χ2n) is 5.69. The quantitative estimate of drug-likeness (QED) is 0.801. The molecule has 1 heterocycles. The van der Waals surface area contributed by atoms with E-state index in [0.717, 1.165) is 37.2 Å². The average Bonchev–Trinajstić information content (AvgIpc) is 2.46. The van der Waals surface area contributed by atoms with Gasteiger partial charge in [0.05, 0.1) is 0 Å². The van der Waals surface area contributed by atoms with Crippen LogP contribution in [0.5, 0.6) is 0 Å². The highest BCUT2D eigenvalue weighted by atomic mass is 16.2. The second-order valence-corrected chi connectivity index (χ2v) is 5.69. The van der Waals surface area contributed by atoms with E-state index in [4.69, 9.17) is 11.5 Å². The largest absolute Gasteiger partial charge is 0.399 e. The van der Waals surface area contributed by atoms with Crippen LogP contribution >= 0.6 is 0 Å². The number of para-hydroxylation sites is 1. The first kappa shape index (κ1) is 15.4. The maximum Gasteiger partial charge on any atom is 0.222 e. The van der Waals surface area contributed by atoms with Crippen LogP contribution in [-0.4, -0.2) is 29.8 Å². The molecule has 0 spiro atoms. The van der Waals surface area contributed by atoms with Crippen molar-refractivity contribution in [3.63, 3.8) is 0 Å². The first-order valence-corrected chi connectivity index (χ1v) is 7.45. The molecule has 114 valence electrons.